The lowest BCUT2D eigenvalue weighted by Gasteiger charge is -2.22. The lowest BCUT2D eigenvalue weighted by Crippen LogP contribution is -2.43. The van der Waals surface area contributed by atoms with Gasteiger partial charge in [-0.3, -0.25) is 0 Å². The molecule has 1 atom stereocenters. The number of hydrogen-bond donors (Lipinski definition) is 2. The topological polar surface area (TPSA) is 80.0 Å². The molecule has 1 aromatic carbocycles. The monoisotopic (exact) mass is 334 g/mol. The maximum absolute atomic E-state index is 11.9. The van der Waals surface area contributed by atoms with Crippen LogP contribution in [-0.2, 0) is 0 Å². The zero-order valence-electron chi connectivity index (χ0n) is 13.8. The van der Waals surface area contributed by atoms with Gasteiger partial charge in [0.15, 0.2) is 5.82 Å². The predicted octanol–water partition coefficient (Wildman–Crippen LogP) is 3.24. The van der Waals surface area contributed by atoms with Gasteiger partial charge in [0.05, 0.1) is 6.04 Å². The number of thioether (sulfide) groups is 1. The molecule has 7 heteroatoms. The smallest absolute Gasteiger partial charge is 0.315 e. The zero-order valence-corrected chi connectivity index (χ0v) is 14.6. The van der Waals surface area contributed by atoms with Crippen LogP contribution in [0.15, 0.2) is 34.9 Å². The van der Waals surface area contributed by atoms with E-state index in [-0.39, 0.29) is 16.8 Å². The van der Waals surface area contributed by atoms with Gasteiger partial charge < -0.3 is 15.2 Å². The fourth-order valence-electron chi connectivity index (χ4n) is 1.79. The van der Waals surface area contributed by atoms with Gasteiger partial charge in [-0.25, -0.2) is 4.79 Å². The molecule has 0 aliphatic rings. The molecule has 2 rings (SSSR count). The Hall–Kier alpha value is -2.02. The van der Waals surface area contributed by atoms with Gasteiger partial charge in [-0.15, -0.1) is 0 Å². The second kappa shape index (κ2) is 7.50. The lowest BCUT2D eigenvalue weighted by molar-refractivity contribution is 0.236. The Morgan fingerprint density at radius 1 is 1.35 bits per heavy atom. The third-order valence-electron chi connectivity index (χ3n) is 3.42. The summed E-state index contributed by atoms with van der Waals surface area (Å²) in [6, 6.07) is 8.94. The summed E-state index contributed by atoms with van der Waals surface area (Å²) in [7, 11) is 0. The Kier molecular flexibility index (Phi) is 5.65. The van der Waals surface area contributed by atoms with E-state index in [4.69, 9.17) is 4.52 Å². The molecule has 0 radical (unpaired) electrons. The first kappa shape index (κ1) is 17.3. The van der Waals surface area contributed by atoms with Crippen molar-refractivity contribution in [1.29, 1.82) is 0 Å². The standard InChI is InChI=1S/C16H22N4O2S/c1-11(18-15(21)17-10-16(2,3)23-4)13-19-14(22-20-13)12-8-6-5-7-9-12/h5-9,11H,10H2,1-4H3,(H2,17,18,21). The van der Waals surface area contributed by atoms with Crippen LogP contribution in [0.4, 0.5) is 4.79 Å². The van der Waals surface area contributed by atoms with Crippen molar-refractivity contribution in [3.8, 4) is 11.5 Å². The third-order valence-corrected chi connectivity index (χ3v) is 4.67. The summed E-state index contributed by atoms with van der Waals surface area (Å²) in [6.45, 7) is 6.55. The molecule has 23 heavy (non-hydrogen) atoms. The molecule has 0 bridgehead atoms. The largest absolute Gasteiger partial charge is 0.337 e. The summed E-state index contributed by atoms with van der Waals surface area (Å²) in [5.41, 5.74) is 0.852. The van der Waals surface area contributed by atoms with Crippen LogP contribution in [-0.4, -0.2) is 33.7 Å². The van der Waals surface area contributed by atoms with Crippen LogP contribution >= 0.6 is 11.8 Å². The van der Waals surface area contributed by atoms with Gasteiger partial charge in [0.1, 0.15) is 0 Å². The van der Waals surface area contributed by atoms with Crippen LogP contribution in [0, 0.1) is 0 Å². The highest BCUT2D eigenvalue weighted by Gasteiger charge is 2.20. The van der Waals surface area contributed by atoms with Gasteiger partial charge in [0.2, 0.25) is 0 Å². The molecule has 1 aromatic heterocycles. The molecule has 2 amide bonds. The fraction of sp³-hybridized carbons (Fsp3) is 0.438. The molecule has 2 N–H and O–H groups in total. The van der Waals surface area contributed by atoms with Crippen LogP contribution < -0.4 is 10.6 Å². The average molecular weight is 334 g/mol. The Morgan fingerprint density at radius 2 is 2.04 bits per heavy atom. The van der Waals surface area contributed by atoms with Crippen molar-refractivity contribution in [1.82, 2.24) is 20.8 Å². The number of rotatable bonds is 6. The van der Waals surface area contributed by atoms with Gasteiger partial charge in [0.25, 0.3) is 5.89 Å². The van der Waals surface area contributed by atoms with Crippen molar-refractivity contribution in [2.45, 2.75) is 31.6 Å². The number of nitrogens with one attached hydrogen (secondary N) is 2. The van der Waals surface area contributed by atoms with E-state index in [2.05, 4.69) is 34.6 Å². The van der Waals surface area contributed by atoms with Crippen LogP contribution in [0.5, 0.6) is 0 Å². The molecule has 0 aliphatic heterocycles. The number of benzene rings is 1. The van der Waals surface area contributed by atoms with Crippen molar-refractivity contribution in [2.24, 2.45) is 0 Å². The quantitative estimate of drug-likeness (QED) is 0.848. The van der Waals surface area contributed by atoms with Crippen molar-refractivity contribution >= 4 is 17.8 Å². The summed E-state index contributed by atoms with van der Waals surface area (Å²) < 4.78 is 5.24. The number of nitrogens with zero attached hydrogens (tertiary/aromatic N) is 2. The number of hydrogen-bond acceptors (Lipinski definition) is 5. The summed E-state index contributed by atoms with van der Waals surface area (Å²) in [5.74, 6) is 0.890. The zero-order chi connectivity index (χ0) is 16.9. The van der Waals surface area contributed by atoms with E-state index in [1.165, 1.54) is 0 Å². The predicted molar refractivity (Wildman–Crippen MR) is 92.3 cm³/mol. The lowest BCUT2D eigenvalue weighted by atomic mass is 10.2. The van der Waals surface area contributed by atoms with Gasteiger partial charge in [0, 0.05) is 16.9 Å². The van der Waals surface area contributed by atoms with Crippen molar-refractivity contribution in [3.63, 3.8) is 0 Å². The third kappa shape index (κ3) is 4.99. The Labute approximate surface area is 140 Å². The minimum Gasteiger partial charge on any atom is -0.337 e. The van der Waals surface area contributed by atoms with E-state index in [0.717, 1.165) is 5.56 Å². The maximum atomic E-state index is 11.9. The second-order valence-corrected chi connectivity index (χ2v) is 7.35. The molecule has 0 fully saturated rings. The van der Waals surface area contributed by atoms with Gasteiger partial charge in [-0.1, -0.05) is 23.4 Å². The highest BCUT2D eigenvalue weighted by Crippen LogP contribution is 2.20. The van der Waals surface area contributed by atoms with Crippen molar-refractivity contribution in [3.05, 3.63) is 36.2 Å². The minimum absolute atomic E-state index is 0.00675. The van der Waals surface area contributed by atoms with Crippen LogP contribution in [0.25, 0.3) is 11.5 Å². The van der Waals surface area contributed by atoms with Gasteiger partial charge >= 0.3 is 6.03 Å². The maximum Gasteiger partial charge on any atom is 0.315 e. The molecule has 1 unspecified atom stereocenters. The molecule has 0 saturated heterocycles. The van der Waals surface area contributed by atoms with Gasteiger partial charge in [-0.05, 0) is 39.2 Å². The molecule has 0 spiro atoms. The molecule has 0 aliphatic carbocycles. The number of aromatic nitrogens is 2. The second-order valence-electron chi connectivity index (χ2n) is 5.84. The highest BCUT2D eigenvalue weighted by molar-refractivity contribution is 7.99. The van der Waals surface area contributed by atoms with E-state index < -0.39 is 0 Å². The highest BCUT2D eigenvalue weighted by atomic mass is 32.2. The minimum atomic E-state index is -0.339. The van der Waals surface area contributed by atoms with Crippen molar-refractivity contribution in [2.75, 3.05) is 12.8 Å². The van der Waals surface area contributed by atoms with E-state index in [9.17, 15) is 4.79 Å². The SMILES string of the molecule is CSC(C)(C)CNC(=O)NC(C)c1noc(-c2ccccc2)n1. The normalized spacial score (nSPS) is 12.7. The van der Waals surface area contributed by atoms with E-state index in [1.807, 2.05) is 43.5 Å². The van der Waals surface area contributed by atoms with Crippen LogP contribution in [0.3, 0.4) is 0 Å². The Bertz CT molecular complexity index is 643. The summed E-state index contributed by atoms with van der Waals surface area (Å²) >= 11 is 1.70. The summed E-state index contributed by atoms with van der Waals surface area (Å²) in [4.78, 5) is 16.3. The van der Waals surface area contributed by atoms with E-state index in [1.54, 1.807) is 11.8 Å². The van der Waals surface area contributed by atoms with Crippen molar-refractivity contribution < 1.29 is 9.32 Å². The summed E-state index contributed by atoms with van der Waals surface area (Å²) in [5, 5.41) is 9.61. The first-order chi connectivity index (χ1) is 10.9. The number of amides is 2. The molecule has 6 nitrogen and oxygen atoms in total. The van der Waals surface area contributed by atoms with Crippen LogP contribution in [0.2, 0.25) is 0 Å². The van der Waals surface area contributed by atoms with Gasteiger partial charge in [-0.2, -0.15) is 16.7 Å². The Balaban J connectivity index is 1.92. The molecular weight excluding hydrogens is 312 g/mol. The first-order valence-electron chi connectivity index (χ1n) is 7.40. The fourth-order valence-corrected chi connectivity index (χ4v) is 2.00. The Morgan fingerprint density at radius 3 is 2.70 bits per heavy atom. The molecule has 1 heterocycles. The van der Waals surface area contributed by atoms with Crippen LogP contribution in [0.1, 0.15) is 32.6 Å². The first-order valence-corrected chi connectivity index (χ1v) is 8.62. The molecule has 2 aromatic rings. The number of urea groups is 1. The molecule has 124 valence electrons. The van der Waals surface area contributed by atoms with E-state index in [0.29, 0.717) is 18.3 Å². The summed E-state index contributed by atoms with van der Waals surface area (Å²) in [6.07, 6.45) is 2.02. The van der Waals surface area contributed by atoms with E-state index >= 15 is 0 Å². The number of carbonyl (C=O) groups is 1. The molecular formula is C16H22N4O2S. The molecule has 0 saturated carbocycles. The number of carbonyl (C=O) groups excluding carboxylic acids is 1. The average Bonchev–Trinajstić information content (AvgIpc) is 3.04.